The molecule has 1 amide bonds. The number of aryl methyl sites for hydroxylation is 1. The highest BCUT2D eigenvalue weighted by atomic mass is 16.5. The molecule has 2 aliphatic rings. The maximum Gasteiger partial charge on any atom is 0.257 e. The number of fused-ring (bicyclic) bond motifs is 1. The third kappa shape index (κ3) is 6.79. The Kier molecular flexibility index (Phi) is 9.01. The number of nitrogens with zero attached hydrogens (tertiary/aromatic N) is 4. The molecule has 0 spiro atoms. The first-order valence-corrected chi connectivity index (χ1v) is 16.2. The average molecular weight is 610 g/mol. The summed E-state index contributed by atoms with van der Waals surface area (Å²) in [5.74, 6) is -0.122. The normalized spacial score (nSPS) is 18.8. The molecule has 0 atom stereocenters. The van der Waals surface area contributed by atoms with Crippen LogP contribution in [0.3, 0.4) is 0 Å². The Balaban J connectivity index is 1.38. The first kappa shape index (κ1) is 30.9. The topological polar surface area (TPSA) is 110 Å². The lowest BCUT2D eigenvalue weighted by molar-refractivity contribution is -0.119. The monoisotopic (exact) mass is 609 g/mol. The average Bonchev–Trinajstić information content (AvgIpc) is 3.70. The van der Waals surface area contributed by atoms with E-state index < -0.39 is 5.60 Å². The Morgan fingerprint density at radius 1 is 1.02 bits per heavy atom. The van der Waals surface area contributed by atoms with Crippen LogP contribution in [-0.4, -0.2) is 49.2 Å². The largest absolute Gasteiger partial charge is 0.388 e. The molecule has 1 saturated carbocycles. The third-order valence-corrected chi connectivity index (χ3v) is 8.90. The lowest BCUT2D eigenvalue weighted by Crippen LogP contribution is -2.36. The first-order valence-electron chi connectivity index (χ1n) is 16.2. The molecule has 2 N–H and O–H groups in total. The smallest absolute Gasteiger partial charge is 0.257 e. The summed E-state index contributed by atoms with van der Waals surface area (Å²) in [6.07, 6.45) is 8.58. The summed E-state index contributed by atoms with van der Waals surface area (Å²) >= 11 is 0. The Labute approximate surface area is 263 Å². The molecule has 3 heterocycles. The minimum absolute atomic E-state index is 0.0404. The van der Waals surface area contributed by atoms with Gasteiger partial charge in [-0.1, -0.05) is 55.8 Å². The van der Waals surface area contributed by atoms with Crippen molar-refractivity contribution in [1.29, 1.82) is 0 Å². The molecule has 2 aromatic carbocycles. The number of ether oxygens (including phenoxy) is 1. The van der Waals surface area contributed by atoms with Crippen LogP contribution < -0.4 is 11.0 Å². The minimum atomic E-state index is -0.865. The van der Waals surface area contributed by atoms with E-state index in [4.69, 9.17) is 9.84 Å². The number of aliphatic hydroxyl groups is 1. The van der Waals surface area contributed by atoms with Gasteiger partial charge in [-0.05, 0) is 75.1 Å². The van der Waals surface area contributed by atoms with Crippen LogP contribution in [0.2, 0.25) is 0 Å². The molecule has 2 aromatic heterocycles. The summed E-state index contributed by atoms with van der Waals surface area (Å²) in [6, 6.07) is 18.3. The van der Waals surface area contributed by atoms with Crippen molar-refractivity contribution >= 4 is 17.3 Å². The summed E-state index contributed by atoms with van der Waals surface area (Å²) in [5.41, 5.74) is 8.98. The Morgan fingerprint density at radius 3 is 2.49 bits per heavy atom. The summed E-state index contributed by atoms with van der Waals surface area (Å²) in [5, 5.41) is 19.2. The van der Waals surface area contributed by atoms with Gasteiger partial charge in [0, 0.05) is 29.7 Å². The number of hydrazone groups is 1. The molecule has 1 aliphatic carbocycles. The van der Waals surface area contributed by atoms with Crippen LogP contribution in [0.15, 0.2) is 70.7 Å². The Bertz CT molecular complexity index is 1760. The van der Waals surface area contributed by atoms with E-state index in [2.05, 4.69) is 47.8 Å². The van der Waals surface area contributed by atoms with E-state index in [1.807, 2.05) is 33.3 Å². The number of amides is 1. The molecule has 0 bridgehead atoms. The second-order valence-corrected chi connectivity index (χ2v) is 13.1. The van der Waals surface area contributed by atoms with E-state index in [1.165, 1.54) is 0 Å². The van der Waals surface area contributed by atoms with E-state index >= 15 is 0 Å². The molecule has 0 saturated heterocycles. The fourth-order valence-electron chi connectivity index (χ4n) is 6.64. The van der Waals surface area contributed by atoms with Crippen molar-refractivity contribution in [1.82, 2.24) is 19.6 Å². The van der Waals surface area contributed by atoms with E-state index in [1.54, 1.807) is 20.0 Å². The van der Waals surface area contributed by atoms with Crippen LogP contribution in [-0.2, 0) is 22.4 Å². The van der Waals surface area contributed by atoms with Crippen molar-refractivity contribution in [2.24, 2.45) is 5.10 Å². The summed E-state index contributed by atoms with van der Waals surface area (Å²) < 4.78 is 9.96. The second kappa shape index (κ2) is 13.1. The highest BCUT2D eigenvalue weighted by Crippen LogP contribution is 2.32. The molecule has 4 aromatic rings. The third-order valence-electron chi connectivity index (χ3n) is 8.90. The van der Waals surface area contributed by atoms with Gasteiger partial charge in [0.2, 0.25) is 5.91 Å². The van der Waals surface area contributed by atoms with Crippen molar-refractivity contribution in [2.75, 3.05) is 6.61 Å². The van der Waals surface area contributed by atoms with Gasteiger partial charge in [0.15, 0.2) is 0 Å². The Hall–Kier alpha value is -4.08. The lowest BCUT2D eigenvalue weighted by atomic mass is 9.91. The van der Waals surface area contributed by atoms with Crippen molar-refractivity contribution in [3.05, 3.63) is 93.5 Å². The van der Waals surface area contributed by atoms with Crippen LogP contribution in [0.5, 0.6) is 0 Å². The maximum atomic E-state index is 14.6. The van der Waals surface area contributed by atoms with Gasteiger partial charge in [-0.25, -0.2) is 9.94 Å². The number of nitrogens with one attached hydrogen (secondary N) is 1. The van der Waals surface area contributed by atoms with E-state index in [-0.39, 0.29) is 30.0 Å². The van der Waals surface area contributed by atoms with E-state index in [0.29, 0.717) is 18.7 Å². The van der Waals surface area contributed by atoms with E-state index in [0.717, 1.165) is 84.1 Å². The fraction of sp³-hybridized carbons (Fsp3) is 0.444. The van der Waals surface area contributed by atoms with Crippen molar-refractivity contribution in [2.45, 2.75) is 96.3 Å². The Morgan fingerprint density at radius 2 is 1.80 bits per heavy atom. The molecule has 1 aliphatic heterocycles. The number of carbonyl (C=O) groups excluding carboxylic acids is 1. The van der Waals surface area contributed by atoms with Gasteiger partial charge in [0.1, 0.15) is 5.65 Å². The second-order valence-electron chi connectivity index (χ2n) is 13.1. The molecular weight excluding hydrogens is 566 g/mol. The quantitative estimate of drug-likeness (QED) is 0.230. The van der Waals surface area contributed by atoms with E-state index in [9.17, 15) is 14.7 Å². The van der Waals surface area contributed by atoms with Crippen molar-refractivity contribution in [3.8, 4) is 11.1 Å². The summed E-state index contributed by atoms with van der Waals surface area (Å²) in [7, 11) is 0. The highest BCUT2D eigenvalue weighted by molar-refractivity contribution is 6.16. The zero-order valence-corrected chi connectivity index (χ0v) is 26.5. The SMILES string of the molecule is CCCCc1c(Cc2ccc(-c3ccccc3)c(C3=NNC(=O)C3)c2)c(=O)n(C2CCC(OCC(C)(C)O)CC2)c2ccnn12. The van der Waals surface area contributed by atoms with Crippen LogP contribution >= 0.6 is 0 Å². The van der Waals surface area contributed by atoms with Gasteiger partial charge < -0.3 is 9.84 Å². The summed E-state index contributed by atoms with van der Waals surface area (Å²) in [6.45, 7) is 5.97. The predicted octanol–water partition coefficient (Wildman–Crippen LogP) is 5.59. The first-order chi connectivity index (χ1) is 21.7. The van der Waals surface area contributed by atoms with Crippen molar-refractivity contribution < 1.29 is 14.6 Å². The molecule has 9 heteroatoms. The standard InChI is InChI=1S/C36H43N5O4/c1-4-5-11-32-30(21-24-12-17-28(25-9-7-6-8-10-25)29(20-24)31-22-33(42)39-38-31)35(43)40(34-18-19-37-41(32)34)26-13-15-27(16-14-26)45-23-36(2,3)44/h6-10,12,17-20,26-27,44H,4-5,11,13-16,21-23H2,1-3H3,(H,39,42). The minimum Gasteiger partial charge on any atom is -0.388 e. The molecule has 0 unspecified atom stereocenters. The van der Waals surface area contributed by atoms with Crippen LogP contribution in [0.4, 0.5) is 0 Å². The number of benzene rings is 2. The maximum absolute atomic E-state index is 14.6. The van der Waals surface area contributed by atoms with Gasteiger partial charge in [0.25, 0.3) is 5.56 Å². The van der Waals surface area contributed by atoms with Crippen LogP contribution in [0.25, 0.3) is 16.8 Å². The van der Waals surface area contributed by atoms with Gasteiger partial charge in [-0.3, -0.25) is 14.2 Å². The number of rotatable bonds is 11. The molecule has 45 heavy (non-hydrogen) atoms. The number of hydrogen-bond acceptors (Lipinski definition) is 6. The van der Waals surface area contributed by atoms with Crippen LogP contribution in [0, 0.1) is 0 Å². The van der Waals surface area contributed by atoms with Gasteiger partial charge in [0.05, 0.1) is 42.3 Å². The highest BCUT2D eigenvalue weighted by Gasteiger charge is 2.29. The van der Waals surface area contributed by atoms with Gasteiger partial charge in [-0.2, -0.15) is 10.2 Å². The molecule has 9 nitrogen and oxygen atoms in total. The molecular formula is C36H43N5O4. The van der Waals surface area contributed by atoms with Crippen molar-refractivity contribution in [3.63, 3.8) is 0 Å². The lowest BCUT2D eigenvalue weighted by Gasteiger charge is -2.32. The predicted molar refractivity (Wildman–Crippen MR) is 176 cm³/mol. The number of aromatic nitrogens is 3. The van der Waals surface area contributed by atoms with Gasteiger partial charge in [-0.15, -0.1) is 0 Å². The number of hydrogen-bond donors (Lipinski definition) is 2. The molecule has 0 radical (unpaired) electrons. The zero-order chi connectivity index (χ0) is 31.6. The molecule has 1 fully saturated rings. The number of carbonyl (C=O) groups is 1. The zero-order valence-electron chi connectivity index (χ0n) is 26.5. The molecule has 236 valence electrons. The summed E-state index contributed by atoms with van der Waals surface area (Å²) in [4.78, 5) is 26.7. The van der Waals surface area contributed by atoms with Gasteiger partial charge >= 0.3 is 0 Å². The molecule has 6 rings (SSSR count). The fourth-order valence-corrected chi connectivity index (χ4v) is 6.64. The number of unbranched alkanes of at least 4 members (excludes halogenated alkanes) is 1. The van der Waals surface area contributed by atoms with Crippen LogP contribution in [0.1, 0.15) is 94.1 Å².